The van der Waals surface area contributed by atoms with Crippen LogP contribution in [0.4, 0.5) is 5.69 Å². The Bertz CT molecular complexity index is 202. The van der Waals surface area contributed by atoms with E-state index in [-0.39, 0.29) is 0 Å². The Hall–Kier alpha value is -0.0761. The first-order chi connectivity index (χ1) is 4.34. The van der Waals surface area contributed by atoms with Gasteiger partial charge in [0.1, 0.15) is 0 Å². The summed E-state index contributed by atoms with van der Waals surface area (Å²) in [6, 6.07) is 7.48. The van der Waals surface area contributed by atoms with Crippen LogP contribution in [-0.2, 0) is 31.5 Å². The molecule has 0 heterocycles. The monoisotopic (exact) mass is 197 g/mol. The third-order valence-corrected chi connectivity index (χ3v) is 1.67. The molecule has 3 heteroatoms. The van der Waals surface area contributed by atoms with Crippen molar-refractivity contribution >= 4 is 5.69 Å². The Morgan fingerprint density at radius 3 is 2.44 bits per heavy atom. The molecule has 9 heavy (non-hydrogen) atoms. The summed E-state index contributed by atoms with van der Waals surface area (Å²) in [4.78, 5) is 0. The predicted molar refractivity (Wildman–Crippen MR) is 31.5 cm³/mol. The molecule has 0 unspecified atom stereocenters. The second kappa shape index (κ2) is 3.18. The fourth-order valence-electron chi connectivity index (χ4n) is 0.588. The summed E-state index contributed by atoms with van der Waals surface area (Å²) in [6.45, 7) is 0. The van der Waals surface area contributed by atoms with E-state index in [1.54, 1.807) is 0 Å². The normalized spacial score (nSPS) is 8.78. The number of anilines is 1. The predicted octanol–water partition coefficient (Wildman–Crippen LogP) is 1.11. The molecule has 0 atom stereocenters. The van der Waals surface area contributed by atoms with Gasteiger partial charge >= 0.3 is 75.0 Å². The van der Waals surface area contributed by atoms with Crippen molar-refractivity contribution in [3.63, 3.8) is 0 Å². The van der Waals surface area contributed by atoms with Gasteiger partial charge in [0.2, 0.25) is 0 Å². The topological polar surface area (TPSA) is 35.2 Å². The number of hydrogen-bond acceptors (Lipinski definition) is 2. The Morgan fingerprint density at radius 2 is 2.00 bits per heavy atom. The molecule has 0 saturated heterocycles. The van der Waals surface area contributed by atoms with E-state index in [2.05, 4.69) is 0 Å². The van der Waals surface area contributed by atoms with Crippen LogP contribution >= 0.6 is 0 Å². The van der Waals surface area contributed by atoms with Gasteiger partial charge in [-0.15, -0.1) is 0 Å². The Morgan fingerprint density at radius 1 is 1.33 bits per heavy atom. The number of benzene rings is 1. The molecule has 0 aliphatic rings. The van der Waals surface area contributed by atoms with Gasteiger partial charge in [-0.1, -0.05) is 0 Å². The summed E-state index contributed by atoms with van der Waals surface area (Å²) in [6.07, 6.45) is 0. The van der Waals surface area contributed by atoms with Crippen molar-refractivity contribution < 1.29 is 33.5 Å². The molecule has 1 rings (SSSR count). The zero-order valence-electron chi connectivity index (χ0n) is 4.87. The maximum atomic E-state index is 5.53. The van der Waals surface area contributed by atoms with Crippen molar-refractivity contribution in [2.75, 3.05) is 5.73 Å². The standard InChI is InChI=1S/C6H7NO.Y/c7-5-3-1-2-4-6(5)8;/h1-4,8H,7H2;/q;+1/p-1. The molecule has 2 nitrogen and oxygen atoms in total. The molecule has 0 saturated carbocycles. The van der Waals surface area contributed by atoms with Gasteiger partial charge in [0.25, 0.3) is 0 Å². The van der Waals surface area contributed by atoms with Crippen LogP contribution in [-0.4, -0.2) is 0 Å². The molecule has 0 bridgehead atoms. The molecule has 2 N–H and O–H groups in total. The van der Waals surface area contributed by atoms with Gasteiger partial charge in [0.15, 0.2) is 0 Å². The van der Waals surface area contributed by atoms with Gasteiger partial charge in [-0.3, -0.25) is 0 Å². The van der Waals surface area contributed by atoms with E-state index in [9.17, 15) is 0 Å². The average Bonchev–Trinajstić information content (AvgIpc) is 1.89. The molecule has 44 valence electrons. The zero-order valence-corrected chi connectivity index (χ0v) is 7.71. The van der Waals surface area contributed by atoms with E-state index in [1.807, 2.05) is 24.3 Å². The van der Waals surface area contributed by atoms with Crippen molar-refractivity contribution in [3.05, 3.63) is 24.3 Å². The van der Waals surface area contributed by atoms with Crippen molar-refractivity contribution in [1.29, 1.82) is 0 Å². The summed E-state index contributed by atoms with van der Waals surface area (Å²) in [5.41, 5.74) is 6.24. The van der Waals surface area contributed by atoms with Gasteiger partial charge in [0, 0.05) is 0 Å². The van der Waals surface area contributed by atoms with Gasteiger partial charge in [-0.05, 0) is 0 Å². The third kappa shape index (κ3) is 1.66. The summed E-state index contributed by atoms with van der Waals surface area (Å²) in [5, 5.41) is 0. The number of rotatable bonds is 1. The quantitative estimate of drug-likeness (QED) is 0.684. The van der Waals surface area contributed by atoms with Crippen molar-refractivity contribution in [3.8, 4) is 5.75 Å². The molecule has 1 aromatic carbocycles. The molecule has 1 aromatic rings. The van der Waals surface area contributed by atoms with Crippen LogP contribution in [0.25, 0.3) is 0 Å². The van der Waals surface area contributed by atoms with Gasteiger partial charge in [-0.25, -0.2) is 0 Å². The fraction of sp³-hybridized carbons (Fsp3) is 0. The molecular weight excluding hydrogens is 191 g/mol. The Balaban J connectivity index is 3.01. The van der Waals surface area contributed by atoms with Crippen LogP contribution in [0.1, 0.15) is 0 Å². The van der Waals surface area contributed by atoms with Crippen molar-refractivity contribution in [2.45, 2.75) is 0 Å². The van der Waals surface area contributed by atoms with Crippen molar-refractivity contribution in [1.82, 2.24) is 0 Å². The first kappa shape index (κ1) is 7.04. The summed E-state index contributed by atoms with van der Waals surface area (Å²) in [7, 11) is 0. The van der Waals surface area contributed by atoms with Crippen LogP contribution in [0.2, 0.25) is 0 Å². The number of nitrogen functional groups attached to an aromatic ring is 1. The minimum atomic E-state index is 0.713. The SMILES string of the molecule is Nc1ccccc1[O][Y]. The number of para-hydroxylation sites is 2. The molecule has 0 aromatic heterocycles. The van der Waals surface area contributed by atoms with Crippen LogP contribution < -0.4 is 7.79 Å². The molecule has 0 radical (unpaired) electrons. The van der Waals surface area contributed by atoms with E-state index in [0.717, 1.165) is 37.2 Å². The van der Waals surface area contributed by atoms with Crippen LogP contribution in [0.3, 0.4) is 0 Å². The van der Waals surface area contributed by atoms with E-state index in [4.69, 9.17) is 7.79 Å². The summed E-state index contributed by atoms with van der Waals surface area (Å²) >= 11 is 0.753. The third-order valence-electron chi connectivity index (χ3n) is 1.05. The van der Waals surface area contributed by atoms with Gasteiger partial charge in [0.05, 0.1) is 0 Å². The number of hydrogen-bond donors (Lipinski definition) is 1. The van der Waals surface area contributed by atoms with E-state index >= 15 is 0 Å². The second-order valence-electron chi connectivity index (χ2n) is 1.66. The average molecular weight is 197 g/mol. The van der Waals surface area contributed by atoms with E-state index < -0.39 is 0 Å². The number of nitrogens with two attached hydrogens (primary N) is 1. The van der Waals surface area contributed by atoms with Crippen LogP contribution in [0.15, 0.2) is 24.3 Å². The van der Waals surface area contributed by atoms with E-state index in [1.165, 1.54) is 0 Å². The first-order valence-electron chi connectivity index (χ1n) is 2.56. The van der Waals surface area contributed by atoms with Gasteiger partial charge in [-0.2, -0.15) is 0 Å². The van der Waals surface area contributed by atoms with Crippen LogP contribution in [0.5, 0.6) is 5.75 Å². The molecule has 0 aliphatic carbocycles. The molecule has 0 aliphatic heterocycles. The van der Waals surface area contributed by atoms with Gasteiger partial charge < -0.3 is 0 Å². The minimum absolute atomic E-state index is 0.713. The molecule has 0 amide bonds. The zero-order chi connectivity index (χ0) is 6.69. The second-order valence-corrected chi connectivity index (χ2v) is 2.24. The van der Waals surface area contributed by atoms with E-state index in [0.29, 0.717) is 5.69 Å². The maximum absolute atomic E-state index is 5.53. The first-order valence-corrected chi connectivity index (χ1v) is 3.71. The Kier molecular flexibility index (Phi) is 2.49. The summed E-state index contributed by atoms with van der Waals surface area (Å²) < 4.78 is 5.05. The molecule has 0 spiro atoms. The Labute approximate surface area is 74.6 Å². The summed E-state index contributed by atoms with van der Waals surface area (Å²) in [5.74, 6) is 0.792. The fourth-order valence-corrected chi connectivity index (χ4v) is 1.12. The molecule has 0 fully saturated rings. The van der Waals surface area contributed by atoms with Crippen molar-refractivity contribution in [2.24, 2.45) is 0 Å². The molecular formula is C6H6NOY. The van der Waals surface area contributed by atoms with Crippen LogP contribution in [0, 0.1) is 0 Å².